The fraction of sp³-hybridized carbons (Fsp3) is 0.381. The molecule has 0 aliphatic carbocycles. The van der Waals surface area contributed by atoms with Gasteiger partial charge < -0.3 is 34.5 Å². The van der Waals surface area contributed by atoms with Gasteiger partial charge in [-0.2, -0.15) is 0 Å². The Morgan fingerprint density at radius 3 is 2.53 bits per heavy atom. The van der Waals surface area contributed by atoms with Crippen molar-refractivity contribution in [1.29, 1.82) is 0 Å². The number of aliphatic hydroxyl groups is 1. The number of non-ortho nitro benzene ring substituents is 1. The van der Waals surface area contributed by atoms with Crippen LogP contribution in [0.1, 0.15) is 28.9 Å². The predicted octanol–water partition coefficient (Wildman–Crippen LogP) is 2.37. The number of hydrogen-bond donors (Lipinski definition) is 3. The number of carbonyl (C=O) groups is 1. The minimum Gasteiger partial charge on any atom is -0.506 e. The van der Waals surface area contributed by atoms with Crippen molar-refractivity contribution in [2.45, 2.75) is 31.0 Å². The predicted molar refractivity (Wildman–Crippen MR) is 112 cm³/mol. The van der Waals surface area contributed by atoms with Crippen molar-refractivity contribution in [3.05, 3.63) is 57.6 Å². The number of nitrogens with zero attached hydrogens (tertiary/aromatic N) is 1. The third kappa shape index (κ3) is 3.93. The summed E-state index contributed by atoms with van der Waals surface area (Å²) in [4.78, 5) is 23.0. The van der Waals surface area contributed by atoms with Crippen LogP contribution in [0.4, 0.5) is 11.4 Å². The van der Waals surface area contributed by atoms with Gasteiger partial charge in [-0.05, 0) is 25.1 Å². The number of carbonyl (C=O) groups excluding carboxylic acids is 1. The molecular formula is C21H24N2O9. The highest BCUT2D eigenvalue weighted by Crippen LogP contribution is 2.46. The van der Waals surface area contributed by atoms with Crippen LogP contribution in [0.3, 0.4) is 0 Å². The number of anilines is 1. The van der Waals surface area contributed by atoms with Crippen LogP contribution in [0.25, 0.3) is 0 Å². The van der Waals surface area contributed by atoms with E-state index in [1.54, 1.807) is 6.92 Å². The quantitative estimate of drug-likeness (QED) is 0.189. The maximum absolute atomic E-state index is 12.2. The Kier molecular flexibility index (Phi) is 6.53. The number of benzene rings is 2. The second kappa shape index (κ2) is 8.99. The summed E-state index contributed by atoms with van der Waals surface area (Å²) in [5.74, 6) is -0.774. The van der Waals surface area contributed by atoms with Crippen LogP contribution < -0.4 is 10.1 Å². The third-order valence-electron chi connectivity index (χ3n) is 5.42. The molecule has 3 rings (SSSR count). The molecule has 3 atom stereocenters. The summed E-state index contributed by atoms with van der Waals surface area (Å²) in [5, 5.41) is 36.0. The lowest BCUT2D eigenvalue weighted by Crippen LogP contribution is -2.60. The van der Waals surface area contributed by atoms with Crippen molar-refractivity contribution in [2.24, 2.45) is 0 Å². The number of esters is 1. The first kappa shape index (κ1) is 23.3. The molecule has 0 spiro atoms. The maximum Gasteiger partial charge on any atom is 0.340 e. The molecular weight excluding hydrogens is 424 g/mol. The largest absolute Gasteiger partial charge is 0.506 e. The summed E-state index contributed by atoms with van der Waals surface area (Å²) in [6.07, 6.45) is -2.42. The number of fused-ring (bicyclic) bond motifs is 1. The highest BCUT2D eigenvalue weighted by molar-refractivity contribution is 5.97. The van der Waals surface area contributed by atoms with E-state index in [9.17, 15) is 25.1 Å². The second-order valence-corrected chi connectivity index (χ2v) is 7.33. The van der Waals surface area contributed by atoms with Crippen LogP contribution >= 0.6 is 0 Å². The Labute approximate surface area is 183 Å². The number of aliphatic hydroxyl groups excluding tert-OH is 1. The smallest absolute Gasteiger partial charge is 0.340 e. The first-order valence-electron chi connectivity index (χ1n) is 9.55. The number of ether oxygens (including phenoxy) is 4. The Morgan fingerprint density at radius 2 is 1.94 bits per heavy atom. The van der Waals surface area contributed by atoms with Gasteiger partial charge in [-0.15, -0.1) is 0 Å². The number of nitrogens with one attached hydrogen (secondary N) is 1. The van der Waals surface area contributed by atoms with Crippen LogP contribution in [0.2, 0.25) is 0 Å². The number of phenols is 1. The molecule has 0 bridgehead atoms. The number of rotatable bonds is 7. The zero-order valence-corrected chi connectivity index (χ0v) is 17.9. The Bertz CT molecular complexity index is 1020. The molecule has 0 amide bonds. The first-order chi connectivity index (χ1) is 15.2. The zero-order chi connectivity index (χ0) is 23.6. The van der Waals surface area contributed by atoms with Gasteiger partial charge in [0.2, 0.25) is 0 Å². The molecule has 32 heavy (non-hydrogen) atoms. The molecule has 0 fully saturated rings. The van der Waals surface area contributed by atoms with Crippen LogP contribution in [0, 0.1) is 10.1 Å². The Balaban J connectivity index is 2.18. The zero-order valence-electron chi connectivity index (χ0n) is 17.9. The Hall–Kier alpha value is -3.41. The SMILES string of the molecule is COC(=O)c1cccc(O)c1N[C@H]1c2cc([N+](=O)[O-])ccc2O[C@@](C)(C(OC)OC)[C@@H]1O. The molecule has 172 valence electrons. The second-order valence-electron chi connectivity index (χ2n) is 7.33. The van der Waals surface area contributed by atoms with Crippen LogP contribution in [0.5, 0.6) is 11.5 Å². The van der Waals surface area contributed by atoms with Crippen molar-refractivity contribution >= 4 is 17.3 Å². The van der Waals surface area contributed by atoms with Crippen molar-refractivity contribution in [2.75, 3.05) is 26.6 Å². The van der Waals surface area contributed by atoms with E-state index >= 15 is 0 Å². The number of nitro groups is 1. The molecule has 0 saturated heterocycles. The van der Waals surface area contributed by atoms with Gasteiger partial charge in [0.05, 0.1) is 29.3 Å². The molecule has 1 heterocycles. The third-order valence-corrected chi connectivity index (χ3v) is 5.42. The van der Waals surface area contributed by atoms with Gasteiger partial charge in [0.1, 0.15) is 17.6 Å². The van der Waals surface area contributed by atoms with Crippen LogP contribution in [0.15, 0.2) is 36.4 Å². The normalized spacial score (nSPS) is 22.1. The van der Waals surface area contributed by atoms with Gasteiger partial charge in [-0.1, -0.05) is 6.07 Å². The molecule has 2 aromatic rings. The topological polar surface area (TPSA) is 150 Å². The Morgan fingerprint density at radius 1 is 1.25 bits per heavy atom. The minimum absolute atomic E-state index is 0.00917. The van der Waals surface area contributed by atoms with Gasteiger partial charge >= 0.3 is 5.97 Å². The molecule has 3 N–H and O–H groups in total. The molecule has 0 radical (unpaired) electrons. The molecule has 0 unspecified atom stereocenters. The van der Waals surface area contributed by atoms with Crippen molar-refractivity contribution in [3.63, 3.8) is 0 Å². The number of methoxy groups -OCH3 is 3. The van der Waals surface area contributed by atoms with E-state index in [1.807, 2.05) is 0 Å². The number of nitro benzene ring substituents is 1. The lowest BCUT2D eigenvalue weighted by atomic mass is 9.84. The average Bonchev–Trinajstić information content (AvgIpc) is 2.77. The van der Waals surface area contributed by atoms with Crippen molar-refractivity contribution < 1.29 is 38.9 Å². The summed E-state index contributed by atoms with van der Waals surface area (Å²) in [6.45, 7) is 1.56. The van der Waals surface area contributed by atoms with Crippen LogP contribution in [-0.4, -0.2) is 60.4 Å². The van der Waals surface area contributed by atoms with E-state index < -0.39 is 34.9 Å². The fourth-order valence-electron chi connectivity index (χ4n) is 3.82. The standard InChI is InChI=1S/C21H24N2O9/c1-21(20(30-3)31-4)18(25)17(13-10-11(23(27)28)8-9-15(13)32-21)22-16-12(19(26)29-2)6-5-7-14(16)24/h5-10,17-18,20,22,24-25H,1-4H3/t17-,18+,21+/m0/s1. The summed E-state index contributed by atoms with van der Waals surface area (Å²) in [7, 11) is 3.94. The van der Waals surface area contributed by atoms with E-state index in [-0.39, 0.29) is 34.0 Å². The summed E-state index contributed by atoms with van der Waals surface area (Å²) < 4.78 is 21.4. The van der Waals surface area contributed by atoms with Crippen molar-refractivity contribution in [3.8, 4) is 11.5 Å². The molecule has 11 heteroatoms. The van der Waals surface area contributed by atoms with Gasteiger partial charge in [0, 0.05) is 31.9 Å². The van der Waals surface area contributed by atoms with Crippen molar-refractivity contribution in [1.82, 2.24) is 0 Å². The molecule has 11 nitrogen and oxygen atoms in total. The van der Waals surface area contributed by atoms with E-state index in [1.165, 1.54) is 57.7 Å². The lowest BCUT2D eigenvalue weighted by Gasteiger charge is -2.46. The van der Waals surface area contributed by atoms with E-state index in [2.05, 4.69) is 5.32 Å². The molecule has 1 aliphatic rings. The number of aromatic hydroxyl groups is 1. The maximum atomic E-state index is 12.2. The van der Waals surface area contributed by atoms with Crippen LogP contribution in [-0.2, 0) is 14.2 Å². The summed E-state index contributed by atoms with van der Waals surface area (Å²) in [5.41, 5.74) is -1.45. The van der Waals surface area contributed by atoms with Gasteiger partial charge in [0.15, 0.2) is 11.9 Å². The minimum atomic E-state index is -1.46. The monoisotopic (exact) mass is 448 g/mol. The lowest BCUT2D eigenvalue weighted by molar-refractivity contribution is -0.385. The van der Waals surface area contributed by atoms with Gasteiger partial charge in [0.25, 0.3) is 5.69 Å². The molecule has 1 aliphatic heterocycles. The van der Waals surface area contributed by atoms with Gasteiger partial charge in [-0.3, -0.25) is 10.1 Å². The number of phenolic OH excluding ortho intramolecular Hbond substituents is 1. The van der Waals surface area contributed by atoms with E-state index in [0.29, 0.717) is 0 Å². The highest BCUT2D eigenvalue weighted by atomic mass is 16.7. The van der Waals surface area contributed by atoms with E-state index in [4.69, 9.17) is 18.9 Å². The van der Waals surface area contributed by atoms with E-state index in [0.717, 1.165) is 0 Å². The summed E-state index contributed by atoms with van der Waals surface area (Å²) in [6, 6.07) is 7.10. The molecule has 0 aromatic heterocycles. The average molecular weight is 448 g/mol. The number of hydrogen-bond acceptors (Lipinski definition) is 10. The number of para-hydroxylation sites is 1. The first-order valence-corrected chi connectivity index (χ1v) is 9.55. The van der Waals surface area contributed by atoms with Gasteiger partial charge in [-0.25, -0.2) is 4.79 Å². The fourth-order valence-corrected chi connectivity index (χ4v) is 3.82. The highest BCUT2D eigenvalue weighted by Gasteiger charge is 2.52. The molecule has 2 aromatic carbocycles. The molecule has 0 saturated carbocycles. The summed E-state index contributed by atoms with van der Waals surface area (Å²) >= 11 is 0.